The topological polar surface area (TPSA) is 20.3 Å². The molecule has 0 unspecified atom stereocenters. The maximum absolute atomic E-state index is 13.0. The summed E-state index contributed by atoms with van der Waals surface area (Å²) < 4.78 is 13.8. The highest BCUT2D eigenvalue weighted by atomic mass is 79.9. The van der Waals surface area contributed by atoms with Crippen molar-refractivity contribution in [3.63, 3.8) is 0 Å². The molecule has 84 valence electrons. The molecule has 0 spiro atoms. The Balaban J connectivity index is 2.82. The highest BCUT2D eigenvalue weighted by Gasteiger charge is 2.09. The Morgan fingerprint density at radius 1 is 1.56 bits per heavy atom. The SMILES string of the molecule is CC#CC(=O)N(C)Cc1cc(F)ccc1Br. The molecule has 0 aromatic heterocycles. The molecule has 1 amide bonds. The molecule has 0 aliphatic rings. The second-order valence-electron chi connectivity index (χ2n) is 3.27. The standard InChI is InChI=1S/C12H11BrFNO/c1-3-4-12(16)15(2)8-9-7-10(14)5-6-11(9)13/h5-7H,8H2,1-2H3. The normalized spacial score (nSPS) is 9.25. The zero-order chi connectivity index (χ0) is 12.1. The Morgan fingerprint density at radius 3 is 2.88 bits per heavy atom. The van der Waals surface area contributed by atoms with Crippen molar-refractivity contribution >= 4 is 21.8 Å². The molecule has 0 N–H and O–H groups in total. The molecule has 0 saturated heterocycles. The van der Waals surface area contributed by atoms with Crippen molar-refractivity contribution in [2.45, 2.75) is 13.5 Å². The van der Waals surface area contributed by atoms with E-state index in [1.54, 1.807) is 20.0 Å². The minimum atomic E-state index is -0.319. The van der Waals surface area contributed by atoms with Crippen LogP contribution in [0, 0.1) is 17.7 Å². The number of rotatable bonds is 2. The maximum atomic E-state index is 13.0. The smallest absolute Gasteiger partial charge is 0.298 e. The van der Waals surface area contributed by atoms with Crippen LogP contribution in [0.2, 0.25) is 0 Å². The Hall–Kier alpha value is -1.34. The second kappa shape index (κ2) is 5.66. The van der Waals surface area contributed by atoms with Crippen LogP contribution in [0.15, 0.2) is 22.7 Å². The van der Waals surface area contributed by atoms with E-state index in [0.717, 1.165) is 4.47 Å². The van der Waals surface area contributed by atoms with Gasteiger partial charge in [0, 0.05) is 18.1 Å². The fourth-order valence-corrected chi connectivity index (χ4v) is 1.57. The Kier molecular flexibility index (Phi) is 4.51. The van der Waals surface area contributed by atoms with Gasteiger partial charge in [-0.25, -0.2) is 4.39 Å². The lowest BCUT2D eigenvalue weighted by Crippen LogP contribution is -2.24. The van der Waals surface area contributed by atoms with Crippen LogP contribution in [0.4, 0.5) is 4.39 Å². The summed E-state index contributed by atoms with van der Waals surface area (Å²) >= 11 is 3.31. The number of halogens is 2. The van der Waals surface area contributed by atoms with E-state index in [4.69, 9.17) is 0 Å². The lowest BCUT2D eigenvalue weighted by Gasteiger charge is -2.15. The first kappa shape index (κ1) is 12.7. The van der Waals surface area contributed by atoms with Gasteiger partial charge in [-0.15, -0.1) is 0 Å². The molecule has 0 bridgehead atoms. The van der Waals surface area contributed by atoms with Crippen LogP contribution in [0.3, 0.4) is 0 Å². The number of nitrogens with zero attached hydrogens (tertiary/aromatic N) is 1. The van der Waals surface area contributed by atoms with E-state index in [1.807, 2.05) is 0 Å². The molecule has 4 heteroatoms. The number of hydrogen-bond donors (Lipinski definition) is 0. The van der Waals surface area contributed by atoms with Crippen molar-refractivity contribution in [1.29, 1.82) is 0 Å². The van der Waals surface area contributed by atoms with Crippen molar-refractivity contribution in [2.24, 2.45) is 0 Å². The fraction of sp³-hybridized carbons (Fsp3) is 0.250. The van der Waals surface area contributed by atoms with Crippen LogP contribution in [0.1, 0.15) is 12.5 Å². The summed E-state index contributed by atoms with van der Waals surface area (Å²) in [6.07, 6.45) is 0. The second-order valence-corrected chi connectivity index (χ2v) is 4.13. The van der Waals surface area contributed by atoms with Crippen LogP contribution in [-0.4, -0.2) is 17.9 Å². The Labute approximate surface area is 103 Å². The monoisotopic (exact) mass is 283 g/mol. The van der Waals surface area contributed by atoms with Gasteiger partial charge in [-0.1, -0.05) is 21.9 Å². The average molecular weight is 284 g/mol. The minimum absolute atomic E-state index is 0.279. The highest BCUT2D eigenvalue weighted by molar-refractivity contribution is 9.10. The lowest BCUT2D eigenvalue weighted by molar-refractivity contribution is -0.124. The molecule has 0 aliphatic carbocycles. The van der Waals surface area contributed by atoms with Crippen LogP contribution in [0.5, 0.6) is 0 Å². The van der Waals surface area contributed by atoms with Crippen LogP contribution in [-0.2, 0) is 11.3 Å². The zero-order valence-electron chi connectivity index (χ0n) is 9.05. The van der Waals surface area contributed by atoms with Gasteiger partial charge in [0.05, 0.1) is 0 Å². The first-order valence-electron chi connectivity index (χ1n) is 4.66. The van der Waals surface area contributed by atoms with E-state index in [-0.39, 0.29) is 11.7 Å². The third-order valence-electron chi connectivity index (χ3n) is 1.99. The molecule has 0 aliphatic heterocycles. The van der Waals surface area contributed by atoms with Gasteiger partial charge in [0.2, 0.25) is 0 Å². The van der Waals surface area contributed by atoms with Gasteiger partial charge >= 0.3 is 0 Å². The van der Waals surface area contributed by atoms with E-state index in [2.05, 4.69) is 27.8 Å². The molecular formula is C12H11BrFNO. The van der Waals surface area contributed by atoms with Gasteiger partial charge < -0.3 is 4.90 Å². The van der Waals surface area contributed by atoms with Crippen molar-refractivity contribution in [2.75, 3.05) is 7.05 Å². The van der Waals surface area contributed by atoms with Crippen molar-refractivity contribution in [3.05, 3.63) is 34.1 Å². The molecule has 0 fully saturated rings. The van der Waals surface area contributed by atoms with Gasteiger partial charge in [0.15, 0.2) is 0 Å². The molecule has 1 aromatic rings. The van der Waals surface area contributed by atoms with Crippen LogP contribution >= 0.6 is 15.9 Å². The highest BCUT2D eigenvalue weighted by Crippen LogP contribution is 2.19. The van der Waals surface area contributed by atoms with E-state index >= 15 is 0 Å². The number of carbonyl (C=O) groups excluding carboxylic acids is 1. The van der Waals surface area contributed by atoms with Crippen molar-refractivity contribution in [1.82, 2.24) is 4.90 Å². The first-order valence-corrected chi connectivity index (χ1v) is 5.45. The molecule has 16 heavy (non-hydrogen) atoms. The summed E-state index contributed by atoms with van der Waals surface area (Å²) in [6, 6.07) is 4.38. The Bertz CT molecular complexity index is 462. The molecule has 0 atom stereocenters. The minimum Gasteiger partial charge on any atom is -0.331 e. The van der Waals surface area contributed by atoms with Crippen LogP contribution < -0.4 is 0 Å². The predicted molar refractivity (Wildman–Crippen MR) is 64.0 cm³/mol. The van der Waals surface area contributed by atoms with Crippen LogP contribution in [0.25, 0.3) is 0 Å². The van der Waals surface area contributed by atoms with Gasteiger partial charge in [0.1, 0.15) is 5.82 Å². The van der Waals surface area contributed by atoms with Gasteiger partial charge in [-0.2, -0.15) is 0 Å². The fourth-order valence-electron chi connectivity index (χ4n) is 1.19. The molecule has 0 heterocycles. The lowest BCUT2D eigenvalue weighted by atomic mass is 10.2. The molecule has 1 rings (SSSR count). The number of hydrogen-bond acceptors (Lipinski definition) is 1. The summed E-state index contributed by atoms with van der Waals surface area (Å²) in [5.74, 6) is 4.36. The zero-order valence-corrected chi connectivity index (χ0v) is 10.6. The van der Waals surface area contributed by atoms with Crippen molar-refractivity contribution in [3.8, 4) is 11.8 Å². The van der Waals surface area contributed by atoms with Crippen molar-refractivity contribution < 1.29 is 9.18 Å². The molecule has 0 saturated carbocycles. The first-order chi connectivity index (χ1) is 7.54. The third kappa shape index (κ3) is 3.35. The Morgan fingerprint density at radius 2 is 2.25 bits per heavy atom. The summed E-state index contributed by atoms with van der Waals surface area (Å²) in [6.45, 7) is 1.93. The summed E-state index contributed by atoms with van der Waals surface area (Å²) in [7, 11) is 1.63. The van der Waals surface area contributed by atoms with Gasteiger partial charge in [0.25, 0.3) is 5.91 Å². The van der Waals surface area contributed by atoms with E-state index < -0.39 is 0 Å². The van der Waals surface area contributed by atoms with E-state index in [0.29, 0.717) is 12.1 Å². The molecule has 1 aromatic carbocycles. The molecule has 2 nitrogen and oxygen atoms in total. The maximum Gasteiger partial charge on any atom is 0.298 e. The quantitative estimate of drug-likeness (QED) is 0.764. The summed E-state index contributed by atoms with van der Waals surface area (Å²) in [5.41, 5.74) is 0.716. The summed E-state index contributed by atoms with van der Waals surface area (Å²) in [4.78, 5) is 12.8. The largest absolute Gasteiger partial charge is 0.331 e. The number of benzene rings is 1. The van der Waals surface area contributed by atoms with Gasteiger partial charge in [-0.05, 0) is 36.6 Å². The third-order valence-corrected chi connectivity index (χ3v) is 2.77. The van der Waals surface area contributed by atoms with Gasteiger partial charge in [-0.3, -0.25) is 4.79 Å². The molecule has 0 radical (unpaired) electrons. The number of amides is 1. The molecular weight excluding hydrogens is 273 g/mol. The summed E-state index contributed by atoms with van der Waals surface area (Å²) in [5, 5.41) is 0. The average Bonchev–Trinajstić information content (AvgIpc) is 2.23. The van der Waals surface area contributed by atoms with E-state index in [1.165, 1.54) is 17.0 Å². The predicted octanol–water partition coefficient (Wildman–Crippen LogP) is 2.57. The number of carbonyl (C=O) groups is 1. The van der Waals surface area contributed by atoms with E-state index in [9.17, 15) is 9.18 Å².